The summed E-state index contributed by atoms with van der Waals surface area (Å²) in [5, 5.41) is 11.6. The van der Waals surface area contributed by atoms with Gasteiger partial charge in [0.2, 0.25) is 5.91 Å². The smallest absolute Gasteiger partial charge is 0.219 e. The van der Waals surface area contributed by atoms with Crippen LogP contribution in [0.3, 0.4) is 0 Å². The molecule has 0 bridgehead atoms. The Labute approximate surface area is 72.6 Å². The second-order valence-corrected chi connectivity index (χ2v) is 3.22. The Kier molecular flexibility index (Phi) is 3.49. The average molecular weight is 172 g/mol. The van der Waals surface area contributed by atoms with E-state index in [1.807, 2.05) is 4.90 Å². The molecule has 0 radical (unpaired) electrons. The van der Waals surface area contributed by atoms with Gasteiger partial charge >= 0.3 is 0 Å². The molecular weight excluding hydrogens is 156 g/mol. The van der Waals surface area contributed by atoms with E-state index in [1.54, 1.807) is 6.92 Å². The molecule has 0 spiro atoms. The molecule has 4 heteroatoms. The predicted molar refractivity (Wildman–Crippen MR) is 45.7 cm³/mol. The van der Waals surface area contributed by atoms with Crippen LogP contribution in [0, 0.1) is 5.92 Å². The minimum atomic E-state index is 0.161. The first-order chi connectivity index (χ1) is 5.74. The Morgan fingerprint density at radius 2 is 2.33 bits per heavy atom. The van der Waals surface area contributed by atoms with Crippen molar-refractivity contribution < 1.29 is 9.90 Å². The number of likely N-dealkylation sites (tertiary alicyclic amines) is 1. The molecule has 0 aromatic rings. The van der Waals surface area contributed by atoms with Crippen LogP contribution in [0.4, 0.5) is 0 Å². The van der Waals surface area contributed by atoms with E-state index in [-0.39, 0.29) is 12.5 Å². The summed E-state index contributed by atoms with van der Waals surface area (Å²) in [6.07, 6.45) is 0. The summed E-state index contributed by atoms with van der Waals surface area (Å²) >= 11 is 0. The van der Waals surface area contributed by atoms with Crippen LogP contribution >= 0.6 is 0 Å². The van der Waals surface area contributed by atoms with Crippen LogP contribution in [0.5, 0.6) is 0 Å². The Morgan fingerprint density at radius 3 is 2.83 bits per heavy atom. The van der Waals surface area contributed by atoms with Gasteiger partial charge in [0.25, 0.3) is 0 Å². The van der Waals surface area contributed by atoms with Crippen molar-refractivity contribution in [2.75, 3.05) is 32.8 Å². The average Bonchev–Trinajstić information content (AvgIpc) is 1.93. The number of amides is 1. The van der Waals surface area contributed by atoms with Gasteiger partial charge in [0, 0.05) is 39.0 Å². The lowest BCUT2D eigenvalue weighted by molar-refractivity contribution is -0.134. The largest absolute Gasteiger partial charge is 0.395 e. The zero-order chi connectivity index (χ0) is 8.97. The Hall–Kier alpha value is -0.610. The Morgan fingerprint density at radius 1 is 1.67 bits per heavy atom. The van der Waals surface area contributed by atoms with E-state index in [0.717, 1.165) is 19.6 Å². The third-order valence-electron chi connectivity index (χ3n) is 2.12. The molecule has 1 saturated heterocycles. The highest BCUT2D eigenvalue weighted by Gasteiger charge is 2.27. The maximum absolute atomic E-state index is 10.8. The summed E-state index contributed by atoms with van der Waals surface area (Å²) in [6.45, 7) is 5.07. The first kappa shape index (κ1) is 9.48. The van der Waals surface area contributed by atoms with E-state index in [0.29, 0.717) is 12.5 Å². The molecule has 0 saturated carbocycles. The molecule has 0 unspecified atom stereocenters. The normalized spacial score (nSPS) is 17.7. The first-order valence-corrected chi connectivity index (χ1v) is 4.31. The first-order valence-electron chi connectivity index (χ1n) is 4.31. The molecule has 0 atom stereocenters. The van der Waals surface area contributed by atoms with Crippen molar-refractivity contribution in [2.24, 2.45) is 5.92 Å². The highest BCUT2D eigenvalue weighted by molar-refractivity contribution is 5.74. The number of hydrogen-bond acceptors (Lipinski definition) is 3. The fourth-order valence-corrected chi connectivity index (χ4v) is 1.34. The minimum Gasteiger partial charge on any atom is -0.395 e. The van der Waals surface area contributed by atoms with Gasteiger partial charge in [-0.25, -0.2) is 0 Å². The van der Waals surface area contributed by atoms with Gasteiger partial charge in [-0.2, -0.15) is 0 Å². The fraction of sp³-hybridized carbons (Fsp3) is 0.875. The topological polar surface area (TPSA) is 52.6 Å². The molecule has 70 valence electrons. The van der Waals surface area contributed by atoms with Crippen molar-refractivity contribution in [3.63, 3.8) is 0 Å². The second-order valence-electron chi connectivity index (χ2n) is 3.22. The summed E-state index contributed by atoms with van der Waals surface area (Å²) < 4.78 is 0. The standard InChI is InChI=1S/C8H16N2O2/c1-7(12)10-5-8(6-10)4-9-2-3-11/h8-9,11H,2-6H2,1H3. The molecular formula is C8H16N2O2. The van der Waals surface area contributed by atoms with Gasteiger partial charge in [-0.3, -0.25) is 4.79 Å². The Bertz CT molecular complexity index is 155. The predicted octanol–water partition coefficient (Wildman–Crippen LogP) is -0.953. The molecule has 1 fully saturated rings. The summed E-state index contributed by atoms with van der Waals surface area (Å²) in [4.78, 5) is 12.6. The molecule has 0 aromatic heterocycles. The monoisotopic (exact) mass is 172 g/mol. The molecule has 1 aliphatic rings. The molecule has 0 aromatic carbocycles. The maximum Gasteiger partial charge on any atom is 0.219 e. The highest BCUT2D eigenvalue weighted by Crippen LogP contribution is 2.13. The summed E-state index contributed by atoms with van der Waals surface area (Å²) in [5.74, 6) is 0.744. The number of aliphatic hydroxyl groups excluding tert-OH is 1. The second kappa shape index (κ2) is 4.42. The van der Waals surface area contributed by atoms with E-state index < -0.39 is 0 Å². The van der Waals surface area contributed by atoms with Crippen LogP contribution in [-0.2, 0) is 4.79 Å². The van der Waals surface area contributed by atoms with Gasteiger partial charge in [-0.1, -0.05) is 0 Å². The number of hydrogen-bond donors (Lipinski definition) is 2. The van der Waals surface area contributed by atoms with E-state index in [4.69, 9.17) is 5.11 Å². The highest BCUT2D eigenvalue weighted by atomic mass is 16.3. The molecule has 1 heterocycles. The number of aliphatic hydroxyl groups is 1. The Balaban J connectivity index is 1.98. The van der Waals surface area contributed by atoms with Gasteiger partial charge in [0.1, 0.15) is 0 Å². The number of carbonyl (C=O) groups excluding carboxylic acids is 1. The summed E-state index contributed by atoms with van der Waals surface area (Å²) in [7, 11) is 0. The maximum atomic E-state index is 10.8. The molecule has 2 N–H and O–H groups in total. The quantitative estimate of drug-likeness (QED) is 0.537. The third kappa shape index (κ3) is 2.46. The van der Waals surface area contributed by atoms with Crippen molar-refractivity contribution in [1.82, 2.24) is 10.2 Å². The molecule has 1 amide bonds. The fourth-order valence-electron chi connectivity index (χ4n) is 1.34. The summed E-state index contributed by atoms with van der Waals surface area (Å²) in [5.41, 5.74) is 0. The van der Waals surface area contributed by atoms with Gasteiger partial charge in [0.15, 0.2) is 0 Å². The van der Waals surface area contributed by atoms with E-state index in [1.165, 1.54) is 0 Å². The van der Waals surface area contributed by atoms with Crippen molar-refractivity contribution in [3.8, 4) is 0 Å². The van der Waals surface area contributed by atoms with E-state index in [2.05, 4.69) is 5.32 Å². The number of nitrogens with one attached hydrogen (secondary N) is 1. The van der Waals surface area contributed by atoms with Crippen molar-refractivity contribution >= 4 is 5.91 Å². The third-order valence-corrected chi connectivity index (χ3v) is 2.12. The number of nitrogens with zero attached hydrogens (tertiary/aromatic N) is 1. The SMILES string of the molecule is CC(=O)N1CC(CNCCO)C1. The number of rotatable bonds is 4. The minimum absolute atomic E-state index is 0.161. The van der Waals surface area contributed by atoms with Crippen LogP contribution < -0.4 is 5.32 Å². The van der Waals surface area contributed by atoms with Crippen molar-refractivity contribution in [3.05, 3.63) is 0 Å². The molecule has 0 aliphatic carbocycles. The van der Waals surface area contributed by atoms with Crippen LogP contribution in [0.15, 0.2) is 0 Å². The van der Waals surface area contributed by atoms with Crippen LogP contribution in [0.25, 0.3) is 0 Å². The molecule has 1 rings (SSSR count). The lowest BCUT2D eigenvalue weighted by Crippen LogP contribution is -2.52. The summed E-state index contributed by atoms with van der Waals surface area (Å²) in [6, 6.07) is 0. The zero-order valence-corrected chi connectivity index (χ0v) is 7.42. The van der Waals surface area contributed by atoms with E-state index in [9.17, 15) is 4.79 Å². The van der Waals surface area contributed by atoms with Crippen LogP contribution in [0.2, 0.25) is 0 Å². The zero-order valence-electron chi connectivity index (χ0n) is 7.42. The lowest BCUT2D eigenvalue weighted by Gasteiger charge is -2.38. The molecule has 12 heavy (non-hydrogen) atoms. The van der Waals surface area contributed by atoms with Gasteiger partial charge in [-0.05, 0) is 0 Å². The van der Waals surface area contributed by atoms with E-state index >= 15 is 0 Å². The van der Waals surface area contributed by atoms with Gasteiger partial charge in [-0.15, -0.1) is 0 Å². The van der Waals surface area contributed by atoms with Crippen molar-refractivity contribution in [1.29, 1.82) is 0 Å². The number of carbonyl (C=O) groups is 1. The van der Waals surface area contributed by atoms with Crippen molar-refractivity contribution in [2.45, 2.75) is 6.92 Å². The van der Waals surface area contributed by atoms with Crippen LogP contribution in [-0.4, -0.2) is 48.7 Å². The molecule has 1 aliphatic heterocycles. The molecule has 4 nitrogen and oxygen atoms in total. The van der Waals surface area contributed by atoms with Crippen LogP contribution in [0.1, 0.15) is 6.92 Å². The lowest BCUT2D eigenvalue weighted by atomic mass is 10.0. The van der Waals surface area contributed by atoms with Gasteiger partial charge < -0.3 is 15.3 Å². The van der Waals surface area contributed by atoms with Gasteiger partial charge in [0.05, 0.1) is 6.61 Å².